The summed E-state index contributed by atoms with van der Waals surface area (Å²) in [5.41, 5.74) is 2.97. The van der Waals surface area contributed by atoms with Gasteiger partial charge in [0.1, 0.15) is 0 Å². The Bertz CT molecular complexity index is 351. The fourth-order valence-electron chi connectivity index (χ4n) is 0.935. The van der Waals surface area contributed by atoms with Crippen LogP contribution in [0.1, 0.15) is 19.5 Å². The Morgan fingerprint density at radius 1 is 1.25 bits per heavy atom. The molecule has 1 N–H and O–H groups in total. The highest BCUT2D eigenvalue weighted by Crippen LogP contribution is 2.06. The fraction of sp³-hybridized carbons (Fsp3) is 0.333. The Kier molecular flexibility index (Phi) is 2.80. The van der Waals surface area contributed by atoms with Gasteiger partial charge < -0.3 is 4.98 Å². The van der Waals surface area contributed by atoms with Gasteiger partial charge in [0.05, 0.1) is 23.6 Å². The van der Waals surface area contributed by atoms with Gasteiger partial charge in [-0.25, -0.2) is 4.98 Å². The lowest BCUT2D eigenvalue weighted by atomic mass is 10.3. The lowest BCUT2D eigenvalue weighted by Gasteiger charge is -1.88. The number of nitrogens with one attached hydrogen (secondary N) is 1. The van der Waals surface area contributed by atoms with E-state index in [4.69, 9.17) is 0 Å². The van der Waals surface area contributed by atoms with Crippen LogP contribution in [0, 0.1) is 6.92 Å². The Morgan fingerprint density at radius 2 is 2.00 bits per heavy atom. The second-order valence-electron chi connectivity index (χ2n) is 2.25. The molecule has 0 amide bonds. The Hall–Kier alpha value is -1.38. The largest absolute Gasteiger partial charge is 0.343 e. The third-order valence-corrected chi connectivity index (χ3v) is 1.44. The van der Waals surface area contributed by atoms with Crippen molar-refractivity contribution in [2.45, 2.75) is 20.8 Å². The number of pyridine rings is 1. The summed E-state index contributed by atoms with van der Waals surface area (Å²) in [5.74, 6) is 0. The normalized spacial score (nSPS) is 9.25. The molecule has 2 heterocycles. The van der Waals surface area contributed by atoms with Crippen molar-refractivity contribution in [2.24, 2.45) is 0 Å². The van der Waals surface area contributed by atoms with E-state index in [0.29, 0.717) is 0 Å². The van der Waals surface area contributed by atoms with Gasteiger partial charge in [-0.1, -0.05) is 13.8 Å². The third-order valence-electron chi connectivity index (χ3n) is 1.44. The summed E-state index contributed by atoms with van der Waals surface area (Å²) in [7, 11) is 0. The number of imidazole rings is 1. The molecule has 12 heavy (non-hydrogen) atoms. The molecule has 0 saturated heterocycles. The molecule has 0 aliphatic heterocycles. The van der Waals surface area contributed by atoms with Crippen molar-refractivity contribution in [3.8, 4) is 0 Å². The summed E-state index contributed by atoms with van der Waals surface area (Å²) in [6.45, 7) is 5.95. The Labute approximate surface area is 71.9 Å². The van der Waals surface area contributed by atoms with E-state index >= 15 is 0 Å². The number of hydrogen-bond donors (Lipinski definition) is 1. The molecule has 0 atom stereocenters. The summed E-state index contributed by atoms with van der Waals surface area (Å²) in [6, 6.07) is 1.95. The number of hydrogen-bond acceptors (Lipinski definition) is 2. The van der Waals surface area contributed by atoms with Gasteiger partial charge in [0, 0.05) is 5.69 Å². The van der Waals surface area contributed by atoms with Crippen LogP contribution in [-0.2, 0) is 0 Å². The van der Waals surface area contributed by atoms with Crippen LogP contribution in [0.25, 0.3) is 11.0 Å². The van der Waals surface area contributed by atoms with Crippen LogP contribution in [0.2, 0.25) is 0 Å². The van der Waals surface area contributed by atoms with Crippen LogP contribution < -0.4 is 0 Å². The summed E-state index contributed by atoms with van der Waals surface area (Å²) >= 11 is 0. The molecule has 0 saturated carbocycles. The van der Waals surface area contributed by atoms with Crippen LogP contribution in [0.3, 0.4) is 0 Å². The number of aromatic nitrogens is 3. The second-order valence-corrected chi connectivity index (χ2v) is 2.25. The number of rotatable bonds is 0. The molecule has 0 fully saturated rings. The van der Waals surface area contributed by atoms with E-state index in [9.17, 15) is 0 Å². The molecule has 3 heteroatoms. The van der Waals surface area contributed by atoms with Gasteiger partial charge in [0.25, 0.3) is 0 Å². The first-order valence-corrected chi connectivity index (χ1v) is 4.12. The van der Waals surface area contributed by atoms with Crippen molar-refractivity contribution in [3.05, 3.63) is 24.3 Å². The molecule has 64 valence electrons. The predicted molar refractivity (Wildman–Crippen MR) is 50.0 cm³/mol. The van der Waals surface area contributed by atoms with Crippen molar-refractivity contribution < 1.29 is 0 Å². The first-order valence-electron chi connectivity index (χ1n) is 4.12. The summed E-state index contributed by atoms with van der Waals surface area (Å²) in [4.78, 5) is 11.2. The van der Waals surface area contributed by atoms with E-state index in [2.05, 4.69) is 15.0 Å². The summed E-state index contributed by atoms with van der Waals surface area (Å²) < 4.78 is 0. The SMILES string of the molecule is CC.Cc1cc2nc[nH]c2cn1. The lowest BCUT2D eigenvalue weighted by Crippen LogP contribution is -1.78. The minimum absolute atomic E-state index is 0.979. The second kappa shape index (κ2) is 3.85. The van der Waals surface area contributed by atoms with E-state index in [0.717, 1.165) is 16.7 Å². The topological polar surface area (TPSA) is 41.6 Å². The fourth-order valence-corrected chi connectivity index (χ4v) is 0.935. The smallest absolute Gasteiger partial charge is 0.0932 e. The van der Waals surface area contributed by atoms with E-state index in [-0.39, 0.29) is 0 Å². The van der Waals surface area contributed by atoms with Crippen molar-refractivity contribution in [3.63, 3.8) is 0 Å². The van der Waals surface area contributed by atoms with Gasteiger partial charge in [-0.3, -0.25) is 4.98 Å². The molecular weight excluding hydrogens is 150 g/mol. The maximum Gasteiger partial charge on any atom is 0.0932 e. The van der Waals surface area contributed by atoms with Crippen LogP contribution in [0.4, 0.5) is 0 Å². The van der Waals surface area contributed by atoms with Crippen molar-refractivity contribution in [1.82, 2.24) is 15.0 Å². The predicted octanol–water partition coefficient (Wildman–Crippen LogP) is 2.29. The van der Waals surface area contributed by atoms with Crippen molar-refractivity contribution >= 4 is 11.0 Å². The van der Waals surface area contributed by atoms with Crippen molar-refractivity contribution in [1.29, 1.82) is 0 Å². The number of nitrogens with zero attached hydrogens (tertiary/aromatic N) is 2. The molecule has 2 aromatic heterocycles. The molecule has 2 rings (SSSR count). The van der Waals surface area contributed by atoms with Crippen LogP contribution in [0.5, 0.6) is 0 Å². The van der Waals surface area contributed by atoms with Gasteiger partial charge in [0.15, 0.2) is 0 Å². The van der Waals surface area contributed by atoms with E-state index in [1.807, 2.05) is 26.8 Å². The number of H-pyrrole nitrogens is 1. The van der Waals surface area contributed by atoms with Gasteiger partial charge >= 0.3 is 0 Å². The van der Waals surface area contributed by atoms with Gasteiger partial charge in [0.2, 0.25) is 0 Å². The van der Waals surface area contributed by atoms with Crippen LogP contribution in [-0.4, -0.2) is 15.0 Å². The maximum absolute atomic E-state index is 4.11. The molecule has 0 aromatic carbocycles. The van der Waals surface area contributed by atoms with Crippen LogP contribution in [0.15, 0.2) is 18.6 Å². The monoisotopic (exact) mass is 163 g/mol. The third kappa shape index (κ3) is 1.61. The molecule has 2 aromatic rings. The number of fused-ring (bicyclic) bond motifs is 1. The molecule has 0 radical (unpaired) electrons. The summed E-state index contributed by atoms with van der Waals surface area (Å²) in [5, 5.41) is 0. The van der Waals surface area contributed by atoms with Crippen molar-refractivity contribution in [2.75, 3.05) is 0 Å². The van der Waals surface area contributed by atoms with E-state index in [1.54, 1.807) is 12.5 Å². The molecular formula is C9H13N3. The average molecular weight is 163 g/mol. The molecule has 0 bridgehead atoms. The highest BCUT2D eigenvalue weighted by molar-refractivity contribution is 5.73. The molecule has 0 aliphatic carbocycles. The quantitative estimate of drug-likeness (QED) is 0.647. The average Bonchev–Trinajstić information content (AvgIpc) is 2.54. The zero-order valence-corrected chi connectivity index (χ0v) is 7.63. The van der Waals surface area contributed by atoms with E-state index < -0.39 is 0 Å². The number of aromatic amines is 1. The highest BCUT2D eigenvalue weighted by atomic mass is 14.9. The van der Waals surface area contributed by atoms with Gasteiger partial charge in [-0.15, -0.1) is 0 Å². The minimum Gasteiger partial charge on any atom is -0.343 e. The zero-order valence-electron chi connectivity index (χ0n) is 7.63. The summed E-state index contributed by atoms with van der Waals surface area (Å²) in [6.07, 6.45) is 3.46. The lowest BCUT2D eigenvalue weighted by molar-refractivity contribution is 1.22. The highest BCUT2D eigenvalue weighted by Gasteiger charge is 1.93. The first kappa shape index (κ1) is 8.71. The maximum atomic E-state index is 4.11. The van der Waals surface area contributed by atoms with Crippen LogP contribution >= 0.6 is 0 Å². The Balaban J connectivity index is 0.000000336. The zero-order chi connectivity index (χ0) is 8.97. The van der Waals surface area contributed by atoms with Gasteiger partial charge in [-0.05, 0) is 13.0 Å². The van der Waals surface area contributed by atoms with Gasteiger partial charge in [-0.2, -0.15) is 0 Å². The molecule has 0 aliphatic rings. The molecule has 0 spiro atoms. The minimum atomic E-state index is 0.979. The first-order chi connectivity index (χ1) is 5.86. The molecule has 0 unspecified atom stereocenters. The molecule has 3 nitrogen and oxygen atoms in total. The standard InChI is InChI=1S/C7H7N3.C2H6/c1-5-2-6-7(3-8-5)10-4-9-6;1-2/h2-4H,1H3,(H,9,10);1-2H3. The number of aryl methyl sites for hydroxylation is 1. The van der Waals surface area contributed by atoms with E-state index in [1.165, 1.54) is 0 Å². The Morgan fingerprint density at radius 3 is 2.75 bits per heavy atom.